The maximum Gasteiger partial charge on any atom is 0.254 e. The molecule has 1 aromatic heterocycles. The van der Waals surface area contributed by atoms with Gasteiger partial charge < -0.3 is 19.3 Å². The van der Waals surface area contributed by atoms with E-state index in [1.807, 2.05) is 35.2 Å². The molecule has 1 fully saturated rings. The van der Waals surface area contributed by atoms with Crippen molar-refractivity contribution in [1.29, 1.82) is 0 Å². The Labute approximate surface area is 216 Å². The molecule has 188 valence electrons. The molecule has 2 aliphatic rings. The number of hydrogen-bond donors (Lipinski definition) is 0. The van der Waals surface area contributed by atoms with Crippen molar-refractivity contribution in [3.8, 4) is 11.5 Å². The van der Waals surface area contributed by atoms with Crippen molar-refractivity contribution in [2.45, 2.75) is 58.2 Å². The first-order valence-corrected chi connectivity index (χ1v) is 13.5. The summed E-state index contributed by atoms with van der Waals surface area (Å²) in [7, 11) is 0. The van der Waals surface area contributed by atoms with Gasteiger partial charge in [0, 0.05) is 27.9 Å². The minimum Gasteiger partial charge on any atom is -0.454 e. The molecule has 0 radical (unpaired) electrons. The maximum absolute atomic E-state index is 13.8. The van der Waals surface area contributed by atoms with Crippen LogP contribution in [0.15, 0.2) is 60.7 Å². The Bertz CT molecular complexity index is 1200. The van der Waals surface area contributed by atoms with E-state index in [1.165, 1.54) is 11.3 Å². The average molecular weight is 505 g/mol. The third kappa shape index (κ3) is 5.73. The molecule has 1 aliphatic heterocycles. The number of rotatable bonds is 8. The maximum atomic E-state index is 13.8. The first-order chi connectivity index (χ1) is 17.6. The van der Waals surface area contributed by atoms with Gasteiger partial charge in [-0.15, -0.1) is 11.3 Å². The van der Waals surface area contributed by atoms with Gasteiger partial charge in [0.1, 0.15) is 6.54 Å². The van der Waals surface area contributed by atoms with E-state index >= 15 is 0 Å². The minimum absolute atomic E-state index is 0.0374. The zero-order chi connectivity index (χ0) is 24.9. The monoisotopic (exact) mass is 504 g/mol. The van der Waals surface area contributed by atoms with Gasteiger partial charge >= 0.3 is 0 Å². The van der Waals surface area contributed by atoms with Crippen molar-refractivity contribution in [1.82, 2.24) is 9.80 Å². The highest BCUT2D eigenvalue weighted by molar-refractivity contribution is 7.11. The molecular formula is C29H32N2O4S. The van der Waals surface area contributed by atoms with E-state index in [9.17, 15) is 9.59 Å². The molecule has 0 atom stereocenters. The van der Waals surface area contributed by atoms with Gasteiger partial charge in [-0.25, -0.2) is 0 Å². The molecule has 6 nitrogen and oxygen atoms in total. The zero-order valence-corrected chi connectivity index (χ0v) is 21.5. The molecular weight excluding hydrogens is 472 g/mol. The topological polar surface area (TPSA) is 59.1 Å². The molecule has 2 amide bonds. The lowest BCUT2D eigenvalue weighted by atomic mass is 9.93. The van der Waals surface area contributed by atoms with Crippen LogP contribution < -0.4 is 9.47 Å². The second-order valence-electron chi connectivity index (χ2n) is 9.54. The van der Waals surface area contributed by atoms with Crippen LogP contribution in [0.1, 0.15) is 57.8 Å². The predicted molar refractivity (Wildman–Crippen MR) is 140 cm³/mol. The SMILES string of the molecule is Cc1ccc(CN(Cc2ccccc2)C(=O)CN(C(=O)c2ccc3c(c2)OCO3)C2CCCCC2)s1. The molecule has 0 spiro atoms. The second-order valence-corrected chi connectivity index (χ2v) is 10.9. The summed E-state index contributed by atoms with van der Waals surface area (Å²) in [6, 6.07) is 19.5. The molecule has 0 bridgehead atoms. The van der Waals surface area contributed by atoms with Crippen LogP contribution in [-0.4, -0.2) is 41.0 Å². The van der Waals surface area contributed by atoms with Crippen molar-refractivity contribution in [3.63, 3.8) is 0 Å². The van der Waals surface area contributed by atoms with Crippen LogP contribution in [0.4, 0.5) is 0 Å². The molecule has 2 aromatic carbocycles. The van der Waals surface area contributed by atoms with Crippen LogP contribution in [0.2, 0.25) is 0 Å². The van der Waals surface area contributed by atoms with E-state index in [1.54, 1.807) is 34.4 Å². The van der Waals surface area contributed by atoms with E-state index in [2.05, 4.69) is 19.1 Å². The summed E-state index contributed by atoms with van der Waals surface area (Å²) in [5.74, 6) is 1.06. The third-order valence-corrected chi connectivity index (χ3v) is 7.90. The number of benzene rings is 2. The smallest absolute Gasteiger partial charge is 0.254 e. The molecule has 0 saturated heterocycles. The quantitative estimate of drug-likeness (QED) is 0.390. The van der Waals surface area contributed by atoms with Crippen molar-refractivity contribution >= 4 is 23.2 Å². The van der Waals surface area contributed by atoms with Crippen molar-refractivity contribution < 1.29 is 19.1 Å². The number of aryl methyl sites for hydroxylation is 1. The molecule has 36 heavy (non-hydrogen) atoms. The summed E-state index contributed by atoms with van der Waals surface area (Å²) in [5.41, 5.74) is 1.60. The summed E-state index contributed by atoms with van der Waals surface area (Å²) in [4.78, 5) is 33.7. The molecule has 1 saturated carbocycles. The van der Waals surface area contributed by atoms with Gasteiger partial charge in [-0.05, 0) is 55.7 Å². The van der Waals surface area contributed by atoms with Gasteiger partial charge in [0.25, 0.3) is 5.91 Å². The Morgan fingerprint density at radius 2 is 1.69 bits per heavy atom. The number of carbonyl (C=O) groups is 2. The highest BCUT2D eigenvalue weighted by Crippen LogP contribution is 2.33. The predicted octanol–water partition coefficient (Wildman–Crippen LogP) is 5.79. The number of fused-ring (bicyclic) bond motifs is 1. The van der Waals surface area contributed by atoms with Crippen LogP contribution in [0, 0.1) is 6.92 Å². The molecule has 1 aliphatic carbocycles. The van der Waals surface area contributed by atoms with Crippen LogP contribution in [0.3, 0.4) is 0 Å². The van der Waals surface area contributed by atoms with Crippen LogP contribution in [-0.2, 0) is 17.9 Å². The van der Waals surface area contributed by atoms with E-state index in [4.69, 9.17) is 9.47 Å². The minimum atomic E-state index is -0.125. The Kier molecular flexibility index (Phi) is 7.56. The number of thiophene rings is 1. The first kappa shape index (κ1) is 24.4. The highest BCUT2D eigenvalue weighted by atomic mass is 32.1. The lowest BCUT2D eigenvalue weighted by Crippen LogP contribution is -2.48. The van der Waals surface area contributed by atoms with Gasteiger partial charge in [0.15, 0.2) is 11.5 Å². The van der Waals surface area contributed by atoms with Crippen molar-refractivity contribution in [3.05, 3.63) is 81.5 Å². The Morgan fingerprint density at radius 3 is 2.44 bits per heavy atom. The molecule has 5 rings (SSSR count). The summed E-state index contributed by atoms with van der Waals surface area (Å²) in [5, 5.41) is 0. The lowest BCUT2D eigenvalue weighted by molar-refractivity contribution is -0.133. The molecule has 0 unspecified atom stereocenters. The van der Waals surface area contributed by atoms with E-state index in [0.29, 0.717) is 30.2 Å². The van der Waals surface area contributed by atoms with E-state index in [-0.39, 0.29) is 31.2 Å². The number of ether oxygens (including phenoxy) is 2. The molecule has 0 N–H and O–H groups in total. The van der Waals surface area contributed by atoms with Gasteiger partial charge in [0.05, 0.1) is 6.54 Å². The summed E-state index contributed by atoms with van der Waals surface area (Å²) in [6.45, 7) is 3.34. The number of nitrogens with zero attached hydrogens (tertiary/aromatic N) is 2. The van der Waals surface area contributed by atoms with E-state index < -0.39 is 0 Å². The fraction of sp³-hybridized carbons (Fsp3) is 0.379. The van der Waals surface area contributed by atoms with Gasteiger partial charge in [-0.1, -0.05) is 49.6 Å². The van der Waals surface area contributed by atoms with Crippen molar-refractivity contribution in [2.24, 2.45) is 0 Å². The molecule has 3 aromatic rings. The van der Waals surface area contributed by atoms with Gasteiger partial charge in [-0.2, -0.15) is 0 Å². The number of amides is 2. The van der Waals surface area contributed by atoms with Gasteiger partial charge in [0.2, 0.25) is 12.7 Å². The Morgan fingerprint density at radius 1 is 0.917 bits per heavy atom. The van der Waals surface area contributed by atoms with Crippen LogP contribution in [0.5, 0.6) is 11.5 Å². The molecule has 2 heterocycles. The van der Waals surface area contributed by atoms with E-state index in [0.717, 1.165) is 36.1 Å². The summed E-state index contributed by atoms with van der Waals surface area (Å²) < 4.78 is 10.9. The van der Waals surface area contributed by atoms with Crippen LogP contribution >= 0.6 is 11.3 Å². The number of carbonyl (C=O) groups excluding carboxylic acids is 2. The zero-order valence-electron chi connectivity index (χ0n) is 20.7. The summed E-state index contributed by atoms with van der Waals surface area (Å²) in [6.07, 6.45) is 5.17. The fourth-order valence-electron chi connectivity index (χ4n) is 4.99. The van der Waals surface area contributed by atoms with Crippen molar-refractivity contribution in [2.75, 3.05) is 13.3 Å². The van der Waals surface area contributed by atoms with Crippen LogP contribution in [0.25, 0.3) is 0 Å². The second kappa shape index (κ2) is 11.2. The number of hydrogen-bond acceptors (Lipinski definition) is 5. The van der Waals surface area contributed by atoms with Gasteiger partial charge in [-0.3, -0.25) is 9.59 Å². The average Bonchev–Trinajstić information content (AvgIpc) is 3.55. The third-order valence-electron chi connectivity index (χ3n) is 6.91. The lowest BCUT2D eigenvalue weighted by Gasteiger charge is -2.35. The highest BCUT2D eigenvalue weighted by Gasteiger charge is 2.31. The largest absolute Gasteiger partial charge is 0.454 e. The normalized spacial score (nSPS) is 15.0. The Balaban J connectivity index is 1.39. The Hall–Kier alpha value is -3.32. The fourth-order valence-corrected chi connectivity index (χ4v) is 5.90. The first-order valence-electron chi connectivity index (χ1n) is 12.6. The standard InChI is InChI=1S/C29H32N2O4S/c1-21-12-14-25(36-21)18-30(17-22-8-4-2-5-9-22)28(32)19-31(24-10-6-3-7-11-24)29(33)23-13-15-26-27(16-23)35-20-34-26/h2,4-5,8-9,12-16,24H,3,6-7,10-11,17-20H2,1H3. The summed E-state index contributed by atoms with van der Waals surface area (Å²) >= 11 is 1.71. The molecule has 7 heteroatoms.